The van der Waals surface area contributed by atoms with Crippen LogP contribution in [0.15, 0.2) is 42.5 Å². The van der Waals surface area contributed by atoms with Crippen molar-refractivity contribution in [1.82, 2.24) is 10.2 Å². The molecular weight excluding hydrogens is 452 g/mol. The number of hydrogen-bond donors (Lipinski definition) is 1. The lowest BCUT2D eigenvalue weighted by Gasteiger charge is -2.41. The average Bonchev–Trinajstić information content (AvgIpc) is 2.88. The van der Waals surface area contributed by atoms with E-state index in [0.717, 1.165) is 19.2 Å². The number of nitrogens with one attached hydrogen (secondary N) is 1. The molecule has 3 aromatic carbocycles. The van der Waals surface area contributed by atoms with Crippen molar-refractivity contribution in [2.45, 2.75) is 18.3 Å². The Kier molecular flexibility index (Phi) is 6.90. The standard InChI is InChI=1S/C27H27F2N3O3/c1-32-12-10-27(11-13-32,17-8-9-21(28)22(29)14-17)16-31-26(33)23-18-6-4-5-7-19(18)24(34-2)20(15-30)25(23)35-3/h4-9,14H,10-13,16H2,1-3H3,(H,31,33). The predicted octanol–water partition coefficient (Wildman–Crippen LogP) is 4.40. The van der Waals surface area contributed by atoms with Gasteiger partial charge in [-0.2, -0.15) is 5.26 Å². The molecule has 182 valence electrons. The third-order valence-corrected chi connectivity index (χ3v) is 6.93. The number of benzene rings is 3. The number of nitriles is 1. The van der Waals surface area contributed by atoms with Gasteiger partial charge in [0.15, 0.2) is 17.4 Å². The first kappa shape index (κ1) is 24.4. The van der Waals surface area contributed by atoms with Gasteiger partial charge < -0.3 is 19.7 Å². The van der Waals surface area contributed by atoms with Gasteiger partial charge in [0.1, 0.15) is 17.4 Å². The fourth-order valence-electron chi connectivity index (χ4n) is 4.91. The number of fused-ring (bicyclic) bond motifs is 1. The van der Waals surface area contributed by atoms with Crippen LogP contribution in [0.5, 0.6) is 11.5 Å². The summed E-state index contributed by atoms with van der Waals surface area (Å²) in [5.41, 5.74) is 0.445. The van der Waals surface area contributed by atoms with E-state index in [0.29, 0.717) is 34.9 Å². The van der Waals surface area contributed by atoms with Gasteiger partial charge in [-0.1, -0.05) is 30.3 Å². The van der Waals surface area contributed by atoms with E-state index < -0.39 is 23.0 Å². The minimum Gasteiger partial charge on any atom is -0.495 e. The highest BCUT2D eigenvalue weighted by molar-refractivity contribution is 6.12. The van der Waals surface area contributed by atoms with E-state index in [1.807, 2.05) is 7.05 Å². The number of likely N-dealkylation sites (tertiary alicyclic amines) is 1. The molecule has 6 nitrogen and oxygen atoms in total. The molecule has 1 aliphatic rings. The maximum atomic E-state index is 14.1. The molecule has 35 heavy (non-hydrogen) atoms. The van der Waals surface area contributed by atoms with Crippen LogP contribution in [-0.4, -0.2) is 51.7 Å². The molecule has 8 heteroatoms. The van der Waals surface area contributed by atoms with Crippen molar-refractivity contribution < 1.29 is 23.0 Å². The number of methoxy groups -OCH3 is 2. The molecule has 1 aliphatic heterocycles. The van der Waals surface area contributed by atoms with Crippen LogP contribution in [0.2, 0.25) is 0 Å². The minimum atomic E-state index is -0.909. The largest absolute Gasteiger partial charge is 0.495 e. The molecule has 0 unspecified atom stereocenters. The Morgan fingerprint density at radius 1 is 1.06 bits per heavy atom. The molecule has 4 rings (SSSR count). The summed E-state index contributed by atoms with van der Waals surface area (Å²) >= 11 is 0. The molecule has 0 atom stereocenters. The summed E-state index contributed by atoms with van der Waals surface area (Å²) in [5.74, 6) is -1.76. The molecule has 1 N–H and O–H groups in total. The number of carbonyl (C=O) groups is 1. The molecule has 0 radical (unpaired) electrons. The molecule has 1 fully saturated rings. The van der Waals surface area contributed by atoms with E-state index in [-0.39, 0.29) is 23.4 Å². The SMILES string of the molecule is COc1c(C#N)c(OC)c2ccccc2c1C(=O)NCC1(c2ccc(F)c(F)c2)CCN(C)CC1. The maximum Gasteiger partial charge on any atom is 0.255 e. The summed E-state index contributed by atoms with van der Waals surface area (Å²) in [5, 5.41) is 14.0. The van der Waals surface area contributed by atoms with E-state index in [1.165, 1.54) is 20.3 Å². The van der Waals surface area contributed by atoms with Gasteiger partial charge in [-0.15, -0.1) is 0 Å². The van der Waals surface area contributed by atoms with E-state index in [4.69, 9.17) is 9.47 Å². The van der Waals surface area contributed by atoms with Gasteiger partial charge in [0.05, 0.1) is 19.8 Å². The Bertz CT molecular complexity index is 1310. The van der Waals surface area contributed by atoms with Crippen molar-refractivity contribution in [1.29, 1.82) is 5.26 Å². The lowest BCUT2D eigenvalue weighted by molar-refractivity contribution is 0.0926. The van der Waals surface area contributed by atoms with Crippen LogP contribution in [-0.2, 0) is 5.41 Å². The molecule has 0 spiro atoms. The second-order valence-corrected chi connectivity index (χ2v) is 8.87. The monoisotopic (exact) mass is 479 g/mol. The molecule has 0 bridgehead atoms. The van der Waals surface area contributed by atoms with Gasteiger partial charge >= 0.3 is 0 Å². The summed E-state index contributed by atoms with van der Waals surface area (Å²) in [4.78, 5) is 15.8. The zero-order chi connectivity index (χ0) is 25.2. The average molecular weight is 480 g/mol. The fourth-order valence-corrected chi connectivity index (χ4v) is 4.91. The Morgan fingerprint density at radius 3 is 2.31 bits per heavy atom. The molecule has 0 aromatic heterocycles. The number of carbonyl (C=O) groups excluding carboxylic acids is 1. The summed E-state index contributed by atoms with van der Waals surface area (Å²) < 4.78 is 38.8. The number of halogens is 2. The van der Waals surface area contributed by atoms with Gasteiger partial charge in [0, 0.05) is 22.7 Å². The summed E-state index contributed by atoms with van der Waals surface area (Å²) in [7, 11) is 4.87. The van der Waals surface area contributed by atoms with Crippen molar-refractivity contribution in [3.63, 3.8) is 0 Å². The molecule has 3 aromatic rings. The third-order valence-electron chi connectivity index (χ3n) is 6.93. The van der Waals surface area contributed by atoms with Crippen molar-refractivity contribution >= 4 is 16.7 Å². The zero-order valence-corrected chi connectivity index (χ0v) is 20.0. The van der Waals surface area contributed by atoms with E-state index in [2.05, 4.69) is 16.3 Å². The highest BCUT2D eigenvalue weighted by Gasteiger charge is 2.37. The Hall–Kier alpha value is -3.70. The van der Waals surface area contributed by atoms with Crippen LogP contribution in [0.4, 0.5) is 8.78 Å². The molecule has 1 amide bonds. The van der Waals surface area contributed by atoms with Crippen molar-refractivity contribution in [2.24, 2.45) is 0 Å². The summed E-state index contributed by atoms with van der Waals surface area (Å²) in [6.07, 6.45) is 1.33. The molecular formula is C27H27F2N3O3. The van der Waals surface area contributed by atoms with Crippen LogP contribution < -0.4 is 14.8 Å². The van der Waals surface area contributed by atoms with Crippen LogP contribution in [0.1, 0.15) is 34.3 Å². The van der Waals surface area contributed by atoms with Gasteiger partial charge in [-0.05, 0) is 50.7 Å². The van der Waals surface area contributed by atoms with Crippen LogP contribution in [0.3, 0.4) is 0 Å². The minimum absolute atomic E-state index is 0.130. The molecule has 1 saturated heterocycles. The number of amides is 1. The Labute approximate surface area is 203 Å². The van der Waals surface area contributed by atoms with Crippen LogP contribution in [0, 0.1) is 23.0 Å². The molecule has 0 saturated carbocycles. The number of rotatable bonds is 6. The Morgan fingerprint density at radius 2 is 1.71 bits per heavy atom. The fraction of sp³-hybridized carbons (Fsp3) is 0.333. The van der Waals surface area contributed by atoms with Crippen molar-refractivity contribution in [3.8, 4) is 17.6 Å². The lowest BCUT2D eigenvalue weighted by Crippen LogP contribution is -2.48. The van der Waals surface area contributed by atoms with Crippen molar-refractivity contribution in [3.05, 3.63) is 70.8 Å². The molecule has 1 heterocycles. The quantitative estimate of drug-likeness (QED) is 0.567. The Balaban J connectivity index is 1.75. The molecule has 0 aliphatic carbocycles. The second kappa shape index (κ2) is 9.88. The third kappa shape index (κ3) is 4.40. The summed E-state index contributed by atoms with van der Waals surface area (Å²) in [6, 6.07) is 13.2. The first-order chi connectivity index (χ1) is 16.8. The predicted molar refractivity (Wildman–Crippen MR) is 129 cm³/mol. The zero-order valence-electron chi connectivity index (χ0n) is 20.0. The van der Waals surface area contributed by atoms with Crippen molar-refractivity contribution in [2.75, 3.05) is 40.9 Å². The van der Waals surface area contributed by atoms with Crippen LogP contribution >= 0.6 is 0 Å². The number of nitrogens with zero attached hydrogens (tertiary/aromatic N) is 2. The number of ether oxygens (including phenoxy) is 2. The van der Waals surface area contributed by atoms with Gasteiger partial charge in [-0.3, -0.25) is 4.79 Å². The number of piperidine rings is 1. The van der Waals surface area contributed by atoms with E-state index in [1.54, 1.807) is 30.3 Å². The first-order valence-corrected chi connectivity index (χ1v) is 11.3. The van der Waals surface area contributed by atoms with Gasteiger partial charge in [-0.25, -0.2) is 8.78 Å². The lowest BCUT2D eigenvalue weighted by atomic mass is 9.72. The highest BCUT2D eigenvalue weighted by Crippen LogP contribution is 2.41. The number of hydrogen-bond acceptors (Lipinski definition) is 5. The summed E-state index contributed by atoms with van der Waals surface area (Å²) in [6.45, 7) is 1.72. The van der Waals surface area contributed by atoms with E-state index in [9.17, 15) is 18.8 Å². The second-order valence-electron chi connectivity index (χ2n) is 8.87. The first-order valence-electron chi connectivity index (χ1n) is 11.3. The van der Waals surface area contributed by atoms with Gasteiger partial charge in [0.2, 0.25) is 0 Å². The topological polar surface area (TPSA) is 74.6 Å². The van der Waals surface area contributed by atoms with Gasteiger partial charge in [0.25, 0.3) is 5.91 Å². The normalized spacial score (nSPS) is 15.4. The smallest absolute Gasteiger partial charge is 0.255 e. The van der Waals surface area contributed by atoms with E-state index >= 15 is 0 Å². The van der Waals surface area contributed by atoms with Crippen LogP contribution in [0.25, 0.3) is 10.8 Å². The highest BCUT2D eigenvalue weighted by atomic mass is 19.2. The maximum absolute atomic E-state index is 14.1.